The first-order valence-corrected chi connectivity index (χ1v) is 8.85. The molecule has 0 aromatic heterocycles. The van der Waals surface area contributed by atoms with Gasteiger partial charge in [0.25, 0.3) is 0 Å². The number of phenolic OH excluding ortho intramolecular Hbond substituents is 1. The van der Waals surface area contributed by atoms with E-state index in [0.717, 1.165) is 24.0 Å². The summed E-state index contributed by atoms with van der Waals surface area (Å²) in [6.45, 7) is 4.72. The predicted molar refractivity (Wildman–Crippen MR) is 101 cm³/mol. The highest BCUT2D eigenvalue weighted by molar-refractivity contribution is 5.45. The van der Waals surface area contributed by atoms with Crippen LogP contribution in [0.15, 0.2) is 54.3 Å². The summed E-state index contributed by atoms with van der Waals surface area (Å²) in [5.41, 5.74) is 7.88. The van der Waals surface area contributed by atoms with Gasteiger partial charge in [-0.3, -0.25) is 0 Å². The zero-order valence-electron chi connectivity index (χ0n) is 15.2. The molecule has 0 aliphatic heterocycles. The Labute approximate surface area is 154 Å². The van der Waals surface area contributed by atoms with E-state index in [1.807, 2.05) is 6.92 Å². The lowest BCUT2D eigenvalue weighted by Crippen LogP contribution is -2.13. The first kappa shape index (κ1) is 19.8. The van der Waals surface area contributed by atoms with Crippen LogP contribution >= 0.6 is 0 Å². The molecular weight excluding hydrogens is 333 g/mol. The molecule has 4 nitrogen and oxygen atoms in total. The number of hydrogen-bond donors (Lipinski definition) is 2. The summed E-state index contributed by atoms with van der Waals surface area (Å²) in [7, 11) is 0. The van der Waals surface area contributed by atoms with E-state index in [1.54, 1.807) is 30.5 Å². The Balaban J connectivity index is 2.23. The highest BCUT2D eigenvalue weighted by Crippen LogP contribution is 2.32. The molecule has 3 N–H and O–H groups in total. The van der Waals surface area contributed by atoms with E-state index in [0.29, 0.717) is 24.7 Å². The number of hydrogen-bond acceptors (Lipinski definition) is 4. The number of halogens is 1. The van der Waals surface area contributed by atoms with Gasteiger partial charge in [0.05, 0.1) is 12.9 Å². The van der Waals surface area contributed by atoms with Crippen LogP contribution < -0.4 is 15.2 Å². The van der Waals surface area contributed by atoms with Crippen molar-refractivity contribution >= 4 is 0 Å². The fourth-order valence-electron chi connectivity index (χ4n) is 2.81. The third kappa shape index (κ3) is 5.23. The molecular formula is C21H26FNO3. The van der Waals surface area contributed by atoms with E-state index in [4.69, 9.17) is 15.2 Å². The lowest BCUT2D eigenvalue weighted by atomic mass is 9.88. The van der Waals surface area contributed by atoms with Crippen LogP contribution in [0.1, 0.15) is 38.2 Å². The number of nitrogens with two attached hydrogens (primary N) is 1. The normalized spacial score (nSPS) is 12.7. The molecule has 2 rings (SSSR count). The lowest BCUT2D eigenvalue weighted by molar-refractivity contribution is 0.316. The van der Waals surface area contributed by atoms with Crippen LogP contribution in [-0.4, -0.2) is 18.3 Å². The Hall–Kier alpha value is -2.53. The van der Waals surface area contributed by atoms with Crippen molar-refractivity contribution < 1.29 is 19.0 Å². The van der Waals surface area contributed by atoms with Gasteiger partial charge in [0, 0.05) is 18.5 Å². The van der Waals surface area contributed by atoms with Crippen molar-refractivity contribution in [2.45, 2.75) is 32.6 Å². The van der Waals surface area contributed by atoms with Gasteiger partial charge >= 0.3 is 0 Å². The van der Waals surface area contributed by atoms with Crippen molar-refractivity contribution in [3.63, 3.8) is 0 Å². The van der Waals surface area contributed by atoms with Gasteiger partial charge in [-0.25, -0.2) is 4.39 Å². The summed E-state index contributed by atoms with van der Waals surface area (Å²) in [5, 5.41) is 9.77. The van der Waals surface area contributed by atoms with Gasteiger partial charge in [0.2, 0.25) is 0 Å². The quantitative estimate of drug-likeness (QED) is 0.635. The molecule has 0 heterocycles. The second-order valence-electron chi connectivity index (χ2n) is 5.97. The molecule has 5 heteroatoms. The largest absolute Gasteiger partial charge is 0.504 e. The molecule has 0 aliphatic rings. The molecule has 0 aliphatic carbocycles. The molecule has 0 unspecified atom stereocenters. The minimum absolute atomic E-state index is 0.0640. The van der Waals surface area contributed by atoms with Crippen molar-refractivity contribution in [1.82, 2.24) is 0 Å². The second-order valence-corrected chi connectivity index (χ2v) is 5.97. The molecule has 0 saturated carbocycles. The van der Waals surface area contributed by atoms with Crippen LogP contribution in [0.3, 0.4) is 0 Å². The van der Waals surface area contributed by atoms with E-state index in [1.165, 1.54) is 18.2 Å². The SMILES string of the molecule is CCC[C@H](/C(=C\Oc1ccc(O)c(OCC)c1)CN)c1ccc(F)cc1. The summed E-state index contributed by atoms with van der Waals surface area (Å²) < 4.78 is 24.4. The number of ether oxygens (including phenoxy) is 2. The van der Waals surface area contributed by atoms with E-state index in [2.05, 4.69) is 6.92 Å². The first-order chi connectivity index (χ1) is 12.6. The van der Waals surface area contributed by atoms with Gasteiger partial charge < -0.3 is 20.3 Å². The Morgan fingerprint density at radius 1 is 1.19 bits per heavy atom. The first-order valence-electron chi connectivity index (χ1n) is 8.85. The summed E-state index contributed by atoms with van der Waals surface area (Å²) in [6, 6.07) is 11.3. The van der Waals surface area contributed by atoms with Crippen LogP contribution in [0.2, 0.25) is 0 Å². The molecule has 26 heavy (non-hydrogen) atoms. The predicted octanol–water partition coefficient (Wildman–Crippen LogP) is 4.74. The standard InChI is InChI=1S/C21H26FNO3/c1-3-5-19(15-6-8-17(22)9-7-15)16(13-23)14-26-18-10-11-20(24)21(12-18)25-4-2/h6-12,14,19,24H,3-5,13,23H2,1-2H3/b16-14-/t19-/m0/s1. The third-order valence-corrected chi connectivity index (χ3v) is 4.11. The van der Waals surface area contributed by atoms with E-state index in [9.17, 15) is 9.50 Å². The number of rotatable bonds is 9. The topological polar surface area (TPSA) is 64.7 Å². The highest BCUT2D eigenvalue weighted by atomic mass is 19.1. The zero-order valence-corrected chi connectivity index (χ0v) is 15.2. The zero-order chi connectivity index (χ0) is 18.9. The van der Waals surface area contributed by atoms with Gasteiger partial charge in [-0.05, 0) is 48.7 Å². The maximum absolute atomic E-state index is 13.2. The Morgan fingerprint density at radius 3 is 2.54 bits per heavy atom. The number of phenols is 1. The molecule has 1 atom stereocenters. The minimum atomic E-state index is -0.258. The van der Waals surface area contributed by atoms with Gasteiger partial charge in [-0.2, -0.15) is 0 Å². The van der Waals surface area contributed by atoms with Crippen molar-refractivity contribution in [3.05, 3.63) is 65.7 Å². The van der Waals surface area contributed by atoms with E-state index < -0.39 is 0 Å². The van der Waals surface area contributed by atoms with Gasteiger partial charge in [0.1, 0.15) is 11.6 Å². The molecule has 140 valence electrons. The lowest BCUT2D eigenvalue weighted by Gasteiger charge is -2.19. The van der Waals surface area contributed by atoms with E-state index in [-0.39, 0.29) is 17.5 Å². The van der Waals surface area contributed by atoms with Gasteiger partial charge in [-0.1, -0.05) is 25.5 Å². The van der Waals surface area contributed by atoms with E-state index >= 15 is 0 Å². The minimum Gasteiger partial charge on any atom is -0.504 e. The molecule has 0 bridgehead atoms. The van der Waals surface area contributed by atoms with Crippen LogP contribution in [-0.2, 0) is 0 Å². The smallest absolute Gasteiger partial charge is 0.164 e. The molecule has 2 aromatic rings. The Morgan fingerprint density at radius 2 is 1.92 bits per heavy atom. The van der Waals surface area contributed by atoms with Crippen molar-refractivity contribution in [1.29, 1.82) is 0 Å². The number of aromatic hydroxyl groups is 1. The van der Waals surface area contributed by atoms with Crippen LogP contribution in [0.5, 0.6) is 17.2 Å². The van der Waals surface area contributed by atoms with Crippen LogP contribution in [0, 0.1) is 5.82 Å². The van der Waals surface area contributed by atoms with Crippen molar-refractivity contribution in [3.8, 4) is 17.2 Å². The number of benzene rings is 2. The molecule has 0 amide bonds. The maximum Gasteiger partial charge on any atom is 0.164 e. The van der Waals surface area contributed by atoms with Gasteiger partial charge in [-0.15, -0.1) is 0 Å². The monoisotopic (exact) mass is 359 g/mol. The average Bonchev–Trinajstić information content (AvgIpc) is 2.64. The fourth-order valence-corrected chi connectivity index (χ4v) is 2.81. The molecule has 2 aromatic carbocycles. The van der Waals surface area contributed by atoms with Crippen LogP contribution in [0.25, 0.3) is 0 Å². The molecule has 0 spiro atoms. The Bertz CT molecular complexity index is 729. The third-order valence-electron chi connectivity index (χ3n) is 4.11. The summed E-state index contributed by atoms with van der Waals surface area (Å²) >= 11 is 0. The van der Waals surface area contributed by atoms with Crippen molar-refractivity contribution in [2.75, 3.05) is 13.2 Å². The maximum atomic E-state index is 13.2. The summed E-state index contributed by atoms with van der Waals surface area (Å²) in [4.78, 5) is 0. The van der Waals surface area contributed by atoms with Crippen molar-refractivity contribution in [2.24, 2.45) is 5.73 Å². The fraction of sp³-hybridized carbons (Fsp3) is 0.333. The second kappa shape index (κ2) is 9.82. The summed E-state index contributed by atoms with van der Waals surface area (Å²) in [5.74, 6) is 0.792. The Kier molecular flexibility index (Phi) is 7.48. The molecule has 0 fully saturated rings. The average molecular weight is 359 g/mol. The highest BCUT2D eigenvalue weighted by Gasteiger charge is 2.16. The van der Waals surface area contributed by atoms with Gasteiger partial charge in [0.15, 0.2) is 11.5 Å². The van der Waals surface area contributed by atoms with Crippen LogP contribution in [0.4, 0.5) is 4.39 Å². The molecule has 0 saturated heterocycles. The summed E-state index contributed by atoms with van der Waals surface area (Å²) in [6.07, 6.45) is 3.50. The molecule has 0 radical (unpaired) electrons.